The number of carbonyl (C=O) groups excluding carboxylic acids is 1. The molecule has 1 N–H and O–H groups in total. The molecule has 0 unspecified atom stereocenters. The molecule has 1 aromatic heterocycles. The van der Waals surface area contributed by atoms with Crippen molar-refractivity contribution in [2.75, 3.05) is 0 Å². The Morgan fingerprint density at radius 2 is 2.08 bits per heavy atom. The summed E-state index contributed by atoms with van der Waals surface area (Å²) in [5.41, 5.74) is 6.05. The SMILES string of the molecule is Cc1cccc(CNC(=O)c2ccc3c(c2)COc2cnccc2-3)c1. The Morgan fingerprint density at radius 3 is 2.96 bits per heavy atom. The minimum absolute atomic E-state index is 0.0789. The molecule has 1 amide bonds. The third-order valence-corrected chi connectivity index (χ3v) is 4.36. The molecule has 4 heteroatoms. The van der Waals surface area contributed by atoms with Gasteiger partial charge in [-0.25, -0.2) is 0 Å². The predicted molar refractivity (Wildman–Crippen MR) is 96.4 cm³/mol. The lowest BCUT2D eigenvalue weighted by molar-refractivity contribution is 0.0950. The zero-order valence-corrected chi connectivity index (χ0v) is 14.0. The molecule has 3 aromatic rings. The van der Waals surface area contributed by atoms with Gasteiger partial charge in [-0.3, -0.25) is 9.78 Å². The van der Waals surface area contributed by atoms with E-state index in [0.717, 1.165) is 28.0 Å². The number of nitrogens with one attached hydrogen (secondary N) is 1. The Bertz CT molecular complexity index is 950. The van der Waals surface area contributed by atoms with Crippen molar-refractivity contribution in [2.45, 2.75) is 20.1 Å². The Kier molecular flexibility index (Phi) is 3.94. The van der Waals surface area contributed by atoms with Gasteiger partial charge in [-0.1, -0.05) is 35.9 Å². The number of fused-ring (bicyclic) bond motifs is 3. The number of ether oxygens (including phenoxy) is 1. The van der Waals surface area contributed by atoms with E-state index in [0.29, 0.717) is 18.7 Å². The molecule has 4 rings (SSSR count). The number of aromatic nitrogens is 1. The third kappa shape index (κ3) is 3.11. The fourth-order valence-electron chi connectivity index (χ4n) is 3.10. The number of carbonyl (C=O) groups is 1. The van der Waals surface area contributed by atoms with Crippen molar-refractivity contribution in [3.63, 3.8) is 0 Å². The molecule has 1 aliphatic heterocycles. The van der Waals surface area contributed by atoms with Gasteiger partial charge in [0.1, 0.15) is 12.4 Å². The van der Waals surface area contributed by atoms with E-state index in [1.54, 1.807) is 12.4 Å². The molecule has 0 spiro atoms. The summed E-state index contributed by atoms with van der Waals surface area (Å²) in [6, 6.07) is 15.8. The van der Waals surface area contributed by atoms with Crippen molar-refractivity contribution in [2.24, 2.45) is 0 Å². The van der Waals surface area contributed by atoms with Crippen LogP contribution in [0, 0.1) is 6.92 Å². The van der Waals surface area contributed by atoms with E-state index in [-0.39, 0.29) is 5.91 Å². The maximum absolute atomic E-state index is 12.5. The lowest BCUT2D eigenvalue weighted by atomic mass is 9.96. The Hall–Kier alpha value is -3.14. The monoisotopic (exact) mass is 330 g/mol. The van der Waals surface area contributed by atoms with Crippen molar-refractivity contribution in [3.8, 4) is 16.9 Å². The maximum atomic E-state index is 12.5. The lowest BCUT2D eigenvalue weighted by Gasteiger charge is -2.20. The normalized spacial score (nSPS) is 11.9. The van der Waals surface area contributed by atoms with Crippen LogP contribution >= 0.6 is 0 Å². The molecular formula is C21H18N2O2. The van der Waals surface area contributed by atoms with Gasteiger partial charge >= 0.3 is 0 Å². The van der Waals surface area contributed by atoms with E-state index in [1.807, 2.05) is 49.4 Å². The van der Waals surface area contributed by atoms with Crippen molar-refractivity contribution in [3.05, 3.63) is 83.2 Å². The molecule has 0 atom stereocenters. The molecule has 25 heavy (non-hydrogen) atoms. The second-order valence-corrected chi connectivity index (χ2v) is 6.20. The molecule has 0 saturated carbocycles. The summed E-state index contributed by atoms with van der Waals surface area (Å²) in [6.45, 7) is 3.01. The van der Waals surface area contributed by atoms with Crippen LogP contribution in [0.3, 0.4) is 0 Å². The lowest BCUT2D eigenvalue weighted by Crippen LogP contribution is -2.23. The molecule has 124 valence electrons. The Morgan fingerprint density at radius 1 is 1.16 bits per heavy atom. The quantitative estimate of drug-likeness (QED) is 0.793. The molecule has 4 nitrogen and oxygen atoms in total. The molecular weight excluding hydrogens is 312 g/mol. The molecule has 0 fully saturated rings. The molecule has 0 saturated heterocycles. The van der Waals surface area contributed by atoms with Gasteiger partial charge in [-0.15, -0.1) is 0 Å². The number of aryl methyl sites for hydroxylation is 1. The van der Waals surface area contributed by atoms with Crippen molar-refractivity contribution in [1.29, 1.82) is 0 Å². The number of pyridine rings is 1. The van der Waals surface area contributed by atoms with Crippen LogP contribution in [-0.4, -0.2) is 10.9 Å². The number of hydrogen-bond acceptors (Lipinski definition) is 3. The van der Waals surface area contributed by atoms with Crippen molar-refractivity contribution in [1.82, 2.24) is 10.3 Å². The van der Waals surface area contributed by atoms with Crippen molar-refractivity contribution < 1.29 is 9.53 Å². The minimum atomic E-state index is -0.0789. The molecule has 0 bridgehead atoms. The topological polar surface area (TPSA) is 51.2 Å². The summed E-state index contributed by atoms with van der Waals surface area (Å²) >= 11 is 0. The van der Waals surface area contributed by atoms with Crippen LogP contribution in [-0.2, 0) is 13.2 Å². The highest BCUT2D eigenvalue weighted by Crippen LogP contribution is 2.36. The zero-order chi connectivity index (χ0) is 17.2. The third-order valence-electron chi connectivity index (χ3n) is 4.36. The second-order valence-electron chi connectivity index (χ2n) is 6.20. The number of amides is 1. The van der Waals surface area contributed by atoms with Gasteiger partial charge in [0.05, 0.1) is 6.20 Å². The first-order valence-electron chi connectivity index (χ1n) is 8.24. The van der Waals surface area contributed by atoms with E-state index in [4.69, 9.17) is 4.74 Å². The zero-order valence-electron chi connectivity index (χ0n) is 14.0. The summed E-state index contributed by atoms with van der Waals surface area (Å²) < 4.78 is 5.73. The Labute approximate surface area is 146 Å². The highest BCUT2D eigenvalue weighted by atomic mass is 16.5. The summed E-state index contributed by atoms with van der Waals surface area (Å²) in [5, 5.41) is 2.98. The fraction of sp³-hybridized carbons (Fsp3) is 0.143. The molecule has 1 aliphatic rings. The van der Waals surface area contributed by atoms with E-state index < -0.39 is 0 Å². The maximum Gasteiger partial charge on any atom is 0.251 e. The predicted octanol–water partition coefficient (Wildman–Crippen LogP) is 3.88. The summed E-state index contributed by atoms with van der Waals surface area (Å²) in [6.07, 6.45) is 3.47. The van der Waals surface area contributed by atoms with Crippen LogP contribution in [0.25, 0.3) is 11.1 Å². The fourth-order valence-corrected chi connectivity index (χ4v) is 3.10. The molecule has 0 aliphatic carbocycles. The first-order chi connectivity index (χ1) is 12.2. The highest BCUT2D eigenvalue weighted by Gasteiger charge is 2.18. The van der Waals surface area contributed by atoms with Gasteiger partial charge in [-0.2, -0.15) is 0 Å². The first kappa shape index (κ1) is 15.4. The molecule has 2 aromatic carbocycles. The average Bonchev–Trinajstić information content (AvgIpc) is 2.65. The molecule has 0 radical (unpaired) electrons. The van der Waals surface area contributed by atoms with Gasteiger partial charge in [0.2, 0.25) is 0 Å². The summed E-state index contributed by atoms with van der Waals surface area (Å²) in [4.78, 5) is 16.6. The standard InChI is InChI=1S/C21H18N2O2/c1-14-3-2-4-15(9-14)11-23-21(24)16-5-6-18-17(10-16)13-25-20-12-22-8-7-19(18)20/h2-10,12H,11,13H2,1H3,(H,23,24). The van der Waals surface area contributed by atoms with E-state index in [2.05, 4.69) is 16.4 Å². The van der Waals surface area contributed by atoms with Crippen molar-refractivity contribution >= 4 is 5.91 Å². The van der Waals surface area contributed by atoms with Crippen LogP contribution in [0.5, 0.6) is 5.75 Å². The summed E-state index contributed by atoms with van der Waals surface area (Å²) in [7, 11) is 0. The second kappa shape index (κ2) is 6.40. The number of rotatable bonds is 3. The largest absolute Gasteiger partial charge is 0.487 e. The molecule has 2 heterocycles. The van der Waals surface area contributed by atoms with Gasteiger partial charge in [0.15, 0.2) is 0 Å². The van der Waals surface area contributed by atoms with Crippen LogP contribution < -0.4 is 10.1 Å². The Balaban J connectivity index is 1.53. The van der Waals surface area contributed by atoms with Gasteiger partial charge in [0.25, 0.3) is 5.91 Å². The number of benzene rings is 2. The van der Waals surface area contributed by atoms with Crippen LogP contribution in [0.15, 0.2) is 60.9 Å². The van der Waals surface area contributed by atoms with Gasteiger partial charge in [0, 0.05) is 23.9 Å². The average molecular weight is 330 g/mol. The smallest absolute Gasteiger partial charge is 0.251 e. The van der Waals surface area contributed by atoms with Crippen LogP contribution in [0.1, 0.15) is 27.0 Å². The van der Waals surface area contributed by atoms with E-state index in [9.17, 15) is 4.79 Å². The van der Waals surface area contributed by atoms with Crippen LogP contribution in [0.2, 0.25) is 0 Å². The highest BCUT2D eigenvalue weighted by molar-refractivity contribution is 5.95. The van der Waals surface area contributed by atoms with E-state index in [1.165, 1.54) is 5.56 Å². The van der Waals surface area contributed by atoms with E-state index >= 15 is 0 Å². The number of nitrogens with zero attached hydrogens (tertiary/aromatic N) is 1. The number of hydrogen-bond donors (Lipinski definition) is 1. The summed E-state index contributed by atoms with van der Waals surface area (Å²) in [5.74, 6) is 0.705. The van der Waals surface area contributed by atoms with Gasteiger partial charge in [-0.05, 0) is 41.8 Å². The first-order valence-corrected chi connectivity index (χ1v) is 8.24. The van der Waals surface area contributed by atoms with Crippen LogP contribution in [0.4, 0.5) is 0 Å². The minimum Gasteiger partial charge on any atom is -0.487 e. The van der Waals surface area contributed by atoms with Gasteiger partial charge < -0.3 is 10.1 Å².